The molecule has 1 saturated carbocycles. The van der Waals surface area contributed by atoms with Crippen LogP contribution in [0.5, 0.6) is 0 Å². The first-order valence-electron chi connectivity index (χ1n) is 14.3. The topological polar surface area (TPSA) is 82.6 Å². The standard InChI is InChI=1S/C33H40N4O3/c1-22-7-8-26(30-23(2)35-40-24(30)3)19-29(22)37(28-11-9-27(10-12-28)33(21-34)15-16-33)20-25-13-17-36(18-14-25)31(38)39-32(4,5)6/h7-12,19,25H,13-18,20H2,1-6H3. The van der Waals surface area contributed by atoms with E-state index in [9.17, 15) is 10.1 Å². The Morgan fingerprint density at radius 3 is 2.35 bits per heavy atom. The van der Waals surface area contributed by atoms with E-state index in [1.807, 2.05) is 39.5 Å². The summed E-state index contributed by atoms with van der Waals surface area (Å²) in [5.74, 6) is 1.22. The number of piperidine rings is 1. The van der Waals surface area contributed by atoms with Crippen LogP contribution in [0.4, 0.5) is 16.2 Å². The average molecular weight is 541 g/mol. The lowest BCUT2D eigenvalue weighted by molar-refractivity contribution is 0.0187. The van der Waals surface area contributed by atoms with Gasteiger partial charge in [-0.3, -0.25) is 0 Å². The fraction of sp³-hybridized carbons (Fsp3) is 0.485. The van der Waals surface area contributed by atoms with Crippen molar-refractivity contribution in [3.05, 3.63) is 65.0 Å². The van der Waals surface area contributed by atoms with Gasteiger partial charge in [-0.15, -0.1) is 0 Å². The minimum Gasteiger partial charge on any atom is -0.444 e. The van der Waals surface area contributed by atoms with Crippen LogP contribution in [-0.2, 0) is 10.2 Å². The largest absolute Gasteiger partial charge is 0.444 e. The zero-order chi connectivity index (χ0) is 28.7. The Hall–Kier alpha value is -3.79. The van der Waals surface area contributed by atoms with Gasteiger partial charge >= 0.3 is 6.09 Å². The smallest absolute Gasteiger partial charge is 0.410 e. The van der Waals surface area contributed by atoms with Crippen molar-refractivity contribution in [1.82, 2.24) is 10.1 Å². The number of benzene rings is 2. The highest BCUT2D eigenvalue weighted by atomic mass is 16.6. The molecule has 2 aliphatic rings. The maximum Gasteiger partial charge on any atom is 0.410 e. The minimum atomic E-state index is -0.495. The number of aryl methyl sites for hydroxylation is 3. The molecule has 0 unspecified atom stereocenters. The minimum absolute atomic E-state index is 0.229. The second-order valence-electron chi connectivity index (χ2n) is 12.5. The highest BCUT2D eigenvalue weighted by Gasteiger charge is 2.44. The molecule has 210 valence electrons. The lowest BCUT2D eigenvalue weighted by Gasteiger charge is -2.37. The number of ether oxygens (including phenoxy) is 1. The summed E-state index contributed by atoms with van der Waals surface area (Å²) in [7, 11) is 0. The van der Waals surface area contributed by atoms with E-state index in [1.165, 1.54) is 5.56 Å². The summed E-state index contributed by atoms with van der Waals surface area (Å²) in [5, 5.41) is 13.9. The summed E-state index contributed by atoms with van der Waals surface area (Å²) in [5.41, 5.74) is 6.72. The molecule has 1 amide bonds. The van der Waals surface area contributed by atoms with Crippen LogP contribution < -0.4 is 4.90 Å². The number of likely N-dealkylation sites (tertiary alicyclic amines) is 1. The first kappa shape index (κ1) is 27.8. The van der Waals surface area contributed by atoms with Crippen molar-refractivity contribution in [2.24, 2.45) is 5.92 Å². The number of nitriles is 1. The van der Waals surface area contributed by atoms with Crippen LogP contribution >= 0.6 is 0 Å². The SMILES string of the molecule is Cc1ccc(-c2c(C)noc2C)cc1N(CC1CCN(C(=O)OC(C)(C)C)CC1)c1ccc(C2(C#N)CC2)cc1. The normalized spacial score (nSPS) is 16.9. The van der Waals surface area contributed by atoms with Crippen LogP contribution in [0.1, 0.15) is 69.0 Å². The number of carbonyl (C=O) groups is 1. The van der Waals surface area contributed by atoms with Crippen LogP contribution in [0.3, 0.4) is 0 Å². The van der Waals surface area contributed by atoms with Crippen molar-refractivity contribution in [1.29, 1.82) is 5.26 Å². The van der Waals surface area contributed by atoms with Gasteiger partial charge in [-0.2, -0.15) is 5.26 Å². The van der Waals surface area contributed by atoms with Crippen molar-refractivity contribution in [2.75, 3.05) is 24.5 Å². The van der Waals surface area contributed by atoms with E-state index in [4.69, 9.17) is 9.26 Å². The summed E-state index contributed by atoms with van der Waals surface area (Å²) >= 11 is 0. The Balaban J connectivity index is 1.43. The molecule has 5 rings (SSSR count). The molecule has 1 saturated heterocycles. The van der Waals surface area contributed by atoms with Crippen molar-refractivity contribution in [3.63, 3.8) is 0 Å². The number of rotatable bonds is 6. The first-order valence-corrected chi connectivity index (χ1v) is 14.3. The van der Waals surface area contributed by atoms with Crippen molar-refractivity contribution in [2.45, 2.75) is 78.2 Å². The maximum atomic E-state index is 12.6. The number of nitrogens with zero attached hydrogens (tertiary/aromatic N) is 4. The number of amides is 1. The van der Waals surface area contributed by atoms with Crippen LogP contribution in [0.2, 0.25) is 0 Å². The molecule has 0 spiro atoms. The van der Waals surface area contributed by atoms with Crippen molar-refractivity contribution in [3.8, 4) is 17.2 Å². The lowest BCUT2D eigenvalue weighted by Crippen LogP contribution is -2.43. The molecule has 1 aliphatic carbocycles. The van der Waals surface area contributed by atoms with E-state index < -0.39 is 5.60 Å². The molecule has 0 N–H and O–H groups in total. The van der Waals surface area contributed by atoms with Crippen molar-refractivity contribution < 1.29 is 14.1 Å². The third kappa shape index (κ3) is 5.72. The van der Waals surface area contributed by atoms with Crippen molar-refractivity contribution >= 4 is 17.5 Å². The van der Waals surface area contributed by atoms with Gasteiger partial charge in [0.25, 0.3) is 0 Å². The summed E-state index contributed by atoms with van der Waals surface area (Å²) in [6.07, 6.45) is 3.46. The molecule has 2 aromatic carbocycles. The van der Waals surface area contributed by atoms with Crippen LogP contribution in [0.15, 0.2) is 47.0 Å². The van der Waals surface area contributed by atoms with Gasteiger partial charge in [0.05, 0.1) is 17.2 Å². The fourth-order valence-corrected chi connectivity index (χ4v) is 5.73. The quantitative estimate of drug-likeness (QED) is 0.320. The van der Waals surface area contributed by atoms with Gasteiger partial charge < -0.3 is 19.1 Å². The predicted molar refractivity (Wildman–Crippen MR) is 157 cm³/mol. The Morgan fingerprint density at radius 1 is 1.12 bits per heavy atom. The molecule has 0 radical (unpaired) electrons. The summed E-state index contributed by atoms with van der Waals surface area (Å²) in [4.78, 5) is 16.9. The number of anilines is 2. The van der Waals surface area contributed by atoms with Gasteiger partial charge in [0.2, 0.25) is 0 Å². The monoisotopic (exact) mass is 540 g/mol. The number of hydrogen-bond acceptors (Lipinski definition) is 6. The van der Waals surface area contributed by atoms with Gasteiger partial charge in [-0.1, -0.05) is 29.4 Å². The molecule has 40 heavy (non-hydrogen) atoms. The zero-order valence-electron chi connectivity index (χ0n) is 24.6. The molecule has 2 fully saturated rings. The molecule has 1 aromatic heterocycles. The van der Waals surface area contributed by atoms with Gasteiger partial charge in [0.15, 0.2) is 0 Å². The van der Waals surface area contributed by atoms with Crippen LogP contribution in [0.25, 0.3) is 11.1 Å². The zero-order valence-corrected chi connectivity index (χ0v) is 24.6. The maximum absolute atomic E-state index is 12.6. The first-order chi connectivity index (χ1) is 19.0. The molecular formula is C33H40N4O3. The van der Waals surface area contributed by atoms with E-state index in [0.29, 0.717) is 19.0 Å². The number of hydrogen-bond donors (Lipinski definition) is 0. The van der Waals surface area contributed by atoms with Gasteiger partial charge in [-0.05, 0) is 108 Å². The van der Waals surface area contributed by atoms with E-state index in [0.717, 1.165) is 71.7 Å². The summed E-state index contributed by atoms with van der Waals surface area (Å²) in [6, 6.07) is 17.6. The molecule has 0 bridgehead atoms. The van der Waals surface area contributed by atoms with E-state index in [2.05, 4.69) is 65.5 Å². The molecule has 1 aliphatic heterocycles. The highest BCUT2D eigenvalue weighted by molar-refractivity contribution is 5.76. The van der Waals surface area contributed by atoms with E-state index in [-0.39, 0.29) is 11.5 Å². The molecule has 7 heteroatoms. The van der Waals surface area contributed by atoms with E-state index >= 15 is 0 Å². The second kappa shape index (κ2) is 10.6. The van der Waals surface area contributed by atoms with Gasteiger partial charge in [0, 0.05) is 36.6 Å². The molecule has 3 aromatic rings. The molecule has 0 atom stereocenters. The Morgan fingerprint density at radius 2 is 1.80 bits per heavy atom. The predicted octanol–water partition coefficient (Wildman–Crippen LogP) is 7.61. The molecule has 7 nitrogen and oxygen atoms in total. The lowest BCUT2D eigenvalue weighted by atomic mass is 9.94. The second-order valence-corrected chi connectivity index (χ2v) is 12.5. The summed E-state index contributed by atoms with van der Waals surface area (Å²) in [6.45, 7) is 14.0. The third-order valence-corrected chi connectivity index (χ3v) is 8.22. The highest BCUT2D eigenvalue weighted by Crippen LogP contribution is 2.48. The Labute approximate surface area is 237 Å². The summed E-state index contributed by atoms with van der Waals surface area (Å²) < 4.78 is 11.1. The molecule has 2 heterocycles. The van der Waals surface area contributed by atoms with Crippen LogP contribution in [0, 0.1) is 38.0 Å². The Bertz CT molecular complexity index is 1400. The number of carbonyl (C=O) groups excluding carboxylic acids is 1. The van der Waals surface area contributed by atoms with Crippen LogP contribution in [-0.4, -0.2) is 41.4 Å². The van der Waals surface area contributed by atoms with Gasteiger partial charge in [-0.25, -0.2) is 4.79 Å². The van der Waals surface area contributed by atoms with Gasteiger partial charge in [0.1, 0.15) is 11.4 Å². The average Bonchev–Trinajstić information content (AvgIpc) is 3.66. The van der Waals surface area contributed by atoms with E-state index in [1.54, 1.807) is 0 Å². The third-order valence-electron chi connectivity index (χ3n) is 8.22. The fourth-order valence-electron chi connectivity index (χ4n) is 5.73. The number of aromatic nitrogens is 1. The Kier molecular flexibility index (Phi) is 7.39. The molecular weight excluding hydrogens is 500 g/mol.